The number of nitriles is 1. The van der Waals surface area contributed by atoms with E-state index in [9.17, 15) is 14.9 Å². The average molecular weight is 394 g/mol. The molecule has 1 fully saturated rings. The van der Waals surface area contributed by atoms with Crippen LogP contribution in [0.15, 0.2) is 41.3 Å². The third-order valence-electron chi connectivity index (χ3n) is 4.35. The third-order valence-corrected chi connectivity index (χ3v) is 5.26. The van der Waals surface area contributed by atoms with Crippen molar-refractivity contribution < 1.29 is 23.8 Å². The van der Waals surface area contributed by atoms with Gasteiger partial charge in [-0.3, -0.25) is 14.5 Å². The van der Waals surface area contributed by atoms with Gasteiger partial charge in [0.15, 0.2) is 11.5 Å². The maximum absolute atomic E-state index is 12.8. The second kappa shape index (κ2) is 7.29. The Morgan fingerprint density at radius 3 is 2.75 bits per heavy atom. The Hall–Kier alpha value is -3.44. The fourth-order valence-corrected chi connectivity index (χ4v) is 3.77. The van der Waals surface area contributed by atoms with Gasteiger partial charge in [-0.1, -0.05) is 18.2 Å². The fourth-order valence-electron chi connectivity index (χ4n) is 2.94. The lowest BCUT2D eigenvalue weighted by molar-refractivity contribution is -0.123. The van der Waals surface area contributed by atoms with Crippen LogP contribution >= 0.6 is 11.8 Å². The highest BCUT2D eigenvalue weighted by atomic mass is 32.2. The maximum atomic E-state index is 12.8. The van der Waals surface area contributed by atoms with Crippen molar-refractivity contribution in [1.82, 2.24) is 4.90 Å². The van der Waals surface area contributed by atoms with Gasteiger partial charge in [-0.2, -0.15) is 5.26 Å². The molecule has 4 rings (SSSR count). The predicted molar refractivity (Wildman–Crippen MR) is 102 cm³/mol. The average Bonchev–Trinajstić information content (AvgIpc) is 3.27. The van der Waals surface area contributed by atoms with E-state index in [2.05, 4.69) is 6.07 Å². The molecule has 2 heterocycles. The molecule has 0 atom stereocenters. The Kier molecular flexibility index (Phi) is 4.67. The largest absolute Gasteiger partial charge is 0.496 e. The Bertz CT molecular complexity index is 1060. The predicted octanol–water partition coefficient (Wildman–Crippen LogP) is 3.53. The summed E-state index contributed by atoms with van der Waals surface area (Å²) in [5.74, 6) is 1.21. The molecule has 0 saturated carbocycles. The standard InChI is InChI=1S/C20H14N2O5S/c1-25-15-8-17-16(26-11-27-17)6-14(15)7-18-19(23)22(20(24)28-18)10-13-5-3-2-4-12(13)9-21/h2-8H,10-11H2,1H3/b18-7+. The number of fused-ring (bicyclic) bond motifs is 1. The lowest BCUT2D eigenvalue weighted by atomic mass is 10.1. The molecule has 0 spiro atoms. The summed E-state index contributed by atoms with van der Waals surface area (Å²) in [5, 5.41) is 8.83. The molecular weight excluding hydrogens is 380 g/mol. The van der Waals surface area contributed by atoms with Crippen molar-refractivity contribution in [3.63, 3.8) is 0 Å². The highest BCUT2D eigenvalue weighted by molar-refractivity contribution is 8.18. The fraction of sp³-hybridized carbons (Fsp3) is 0.150. The number of carbonyl (C=O) groups excluding carboxylic acids is 2. The van der Waals surface area contributed by atoms with E-state index in [1.807, 2.05) is 0 Å². The second-order valence-electron chi connectivity index (χ2n) is 5.98. The first-order valence-electron chi connectivity index (χ1n) is 8.31. The molecule has 2 aromatic carbocycles. The summed E-state index contributed by atoms with van der Waals surface area (Å²) in [7, 11) is 1.51. The van der Waals surface area contributed by atoms with E-state index >= 15 is 0 Å². The molecule has 28 heavy (non-hydrogen) atoms. The molecule has 0 N–H and O–H groups in total. The summed E-state index contributed by atoms with van der Waals surface area (Å²) in [6.07, 6.45) is 1.60. The van der Waals surface area contributed by atoms with E-state index in [0.29, 0.717) is 33.9 Å². The second-order valence-corrected chi connectivity index (χ2v) is 6.98. The number of imide groups is 1. The van der Waals surface area contributed by atoms with E-state index in [0.717, 1.165) is 16.7 Å². The maximum Gasteiger partial charge on any atom is 0.293 e. The van der Waals surface area contributed by atoms with Crippen molar-refractivity contribution in [3.8, 4) is 23.3 Å². The molecule has 7 nitrogen and oxygen atoms in total. The van der Waals surface area contributed by atoms with Gasteiger partial charge in [0, 0.05) is 11.6 Å². The normalized spacial score (nSPS) is 16.6. The van der Waals surface area contributed by atoms with Gasteiger partial charge >= 0.3 is 0 Å². The Morgan fingerprint density at radius 2 is 2.00 bits per heavy atom. The van der Waals surface area contributed by atoms with Gasteiger partial charge in [0.1, 0.15) is 5.75 Å². The van der Waals surface area contributed by atoms with Crippen LogP contribution in [0.25, 0.3) is 6.08 Å². The molecule has 140 valence electrons. The summed E-state index contributed by atoms with van der Waals surface area (Å²) < 4.78 is 16.1. The molecule has 1 saturated heterocycles. The SMILES string of the molecule is COc1cc2c(cc1/C=C1/SC(=O)N(Cc3ccccc3C#N)C1=O)OCO2. The topological polar surface area (TPSA) is 88.9 Å². The van der Waals surface area contributed by atoms with E-state index < -0.39 is 5.91 Å². The molecule has 0 aliphatic carbocycles. The van der Waals surface area contributed by atoms with E-state index in [-0.39, 0.29) is 23.5 Å². The van der Waals surface area contributed by atoms with Crippen molar-refractivity contribution in [2.45, 2.75) is 6.54 Å². The zero-order chi connectivity index (χ0) is 19.7. The number of benzene rings is 2. The summed E-state index contributed by atoms with van der Waals surface area (Å²) in [4.78, 5) is 26.6. The van der Waals surface area contributed by atoms with Crippen molar-refractivity contribution in [3.05, 3.63) is 58.0 Å². The van der Waals surface area contributed by atoms with Gasteiger partial charge in [0.05, 0.1) is 30.2 Å². The smallest absolute Gasteiger partial charge is 0.293 e. The highest BCUT2D eigenvalue weighted by Gasteiger charge is 2.35. The van der Waals surface area contributed by atoms with Crippen molar-refractivity contribution in [2.24, 2.45) is 0 Å². The molecular formula is C20H14N2O5S. The lowest BCUT2D eigenvalue weighted by Crippen LogP contribution is -2.27. The first-order chi connectivity index (χ1) is 13.6. The number of hydrogen-bond acceptors (Lipinski definition) is 7. The quantitative estimate of drug-likeness (QED) is 0.733. The molecule has 2 aliphatic heterocycles. The first-order valence-corrected chi connectivity index (χ1v) is 9.13. The van der Waals surface area contributed by atoms with Gasteiger partial charge in [0.2, 0.25) is 6.79 Å². The molecule has 2 aliphatic rings. The Morgan fingerprint density at radius 1 is 1.25 bits per heavy atom. The zero-order valence-corrected chi connectivity index (χ0v) is 15.6. The van der Waals surface area contributed by atoms with Gasteiger partial charge in [-0.25, -0.2) is 0 Å². The number of hydrogen-bond donors (Lipinski definition) is 0. The number of thioether (sulfide) groups is 1. The summed E-state index contributed by atoms with van der Waals surface area (Å²) >= 11 is 0.850. The number of carbonyl (C=O) groups is 2. The van der Waals surface area contributed by atoms with E-state index in [1.165, 1.54) is 7.11 Å². The van der Waals surface area contributed by atoms with Gasteiger partial charge in [0.25, 0.3) is 11.1 Å². The minimum atomic E-state index is -0.414. The summed E-state index contributed by atoms with van der Waals surface area (Å²) in [6.45, 7) is 0.167. The van der Waals surface area contributed by atoms with E-state index in [4.69, 9.17) is 14.2 Å². The van der Waals surface area contributed by atoms with Crippen LogP contribution in [0.5, 0.6) is 17.2 Å². The number of methoxy groups -OCH3 is 1. The minimum Gasteiger partial charge on any atom is -0.496 e. The van der Waals surface area contributed by atoms with Crippen LogP contribution < -0.4 is 14.2 Å². The molecule has 0 bridgehead atoms. The monoisotopic (exact) mass is 394 g/mol. The number of ether oxygens (including phenoxy) is 3. The molecule has 2 amide bonds. The van der Waals surface area contributed by atoms with Crippen LogP contribution in [0.1, 0.15) is 16.7 Å². The van der Waals surface area contributed by atoms with Crippen LogP contribution in [0, 0.1) is 11.3 Å². The van der Waals surface area contributed by atoms with Crippen LogP contribution in [0.2, 0.25) is 0 Å². The first kappa shape index (κ1) is 17.9. The molecule has 0 radical (unpaired) electrons. The molecule has 0 unspecified atom stereocenters. The van der Waals surface area contributed by atoms with Crippen LogP contribution in [0.4, 0.5) is 4.79 Å². The molecule has 0 aromatic heterocycles. The number of rotatable bonds is 4. The highest BCUT2D eigenvalue weighted by Crippen LogP contribution is 2.41. The van der Waals surface area contributed by atoms with E-state index in [1.54, 1.807) is 42.5 Å². The lowest BCUT2D eigenvalue weighted by Gasteiger charge is -2.13. The van der Waals surface area contributed by atoms with Crippen molar-refractivity contribution in [1.29, 1.82) is 5.26 Å². The van der Waals surface area contributed by atoms with Crippen molar-refractivity contribution in [2.75, 3.05) is 13.9 Å². The van der Waals surface area contributed by atoms with Crippen LogP contribution in [-0.2, 0) is 11.3 Å². The zero-order valence-electron chi connectivity index (χ0n) is 14.8. The van der Waals surface area contributed by atoms with Crippen LogP contribution in [0.3, 0.4) is 0 Å². The minimum absolute atomic E-state index is 0.0456. The van der Waals surface area contributed by atoms with Crippen LogP contribution in [-0.4, -0.2) is 29.9 Å². The van der Waals surface area contributed by atoms with Gasteiger partial charge in [-0.15, -0.1) is 0 Å². The summed E-state index contributed by atoms with van der Waals surface area (Å²) in [6, 6.07) is 12.4. The Balaban J connectivity index is 1.63. The molecule has 8 heteroatoms. The number of nitrogens with zero attached hydrogens (tertiary/aromatic N) is 2. The van der Waals surface area contributed by atoms with Crippen molar-refractivity contribution >= 4 is 29.0 Å². The summed E-state index contributed by atoms with van der Waals surface area (Å²) in [5.41, 5.74) is 1.66. The Labute approximate surface area is 165 Å². The third kappa shape index (κ3) is 3.17. The van der Waals surface area contributed by atoms with Gasteiger partial charge in [-0.05, 0) is 35.5 Å². The number of amides is 2. The van der Waals surface area contributed by atoms with Gasteiger partial charge < -0.3 is 14.2 Å². The molecule has 2 aromatic rings.